The molecule has 0 aliphatic carbocycles. The number of hydrogen-bond donors (Lipinski definition) is 0. The van der Waals surface area contributed by atoms with E-state index >= 15 is 0 Å². The van der Waals surface area contributed by atoms with Crippen LogP contribution in [0.2, 0.25) is 0 Å². The fourth-order valence-corrected chi connectivity index (χ4v) is 3.87. The molecule has 0 aromatic heterocycles. The van der Waals surface area contributed by atoms with Gasteiger partial charge in [0, 0.05) is 23.4 Å². The maximum atomic E-state index is 13.7. The Morgan fingerprint density at radius 1 is 0.867 bits per heavy atom. The molecule has 4 rings (SSSR count). The van der Waals surface area contributed by atoms with E-state index in [1.165, 1.54) is 18.2 Å². The molecule has 3 aromatic carbocycles. The first-order valence-electron chi connectivity index (χ1n) is 8.97. The monoisotopic (exact) mass is 430 g/mol. The van der Waals surface area contributed by atoms with Crippen molar-refractivity contribution in [1.82, 2.24) is 0 Å². The lowest BCUT2D eigenvalue weighted by Gasteiger charge is -2.21. The minimum Gasteiger partial charge on any atom is -0.486 e. The van der Waals surface area contributed by atoms with Crippen molar-refractivity contribution in [2.45, 2.75) is 4.90 Å². The van der Waals surface area contributed by atoms with Crippen LogP contribution in [0.3, 0.4) is 0 Å². The van der Waals surface area contributed by atoms with E-state index in [0.717, 1.165) is 18.4 Å². The molecule has 30 heavy (non-hydrogen) atoms. The molecule has 5 nitrogen and oxygen atoms in total. The van der Waals surface area contributed by atoms with Gasteiger partial charge < -0.3 is 9.47 Å². The Morgan fingerprint density at radius 3 is 2.00 bits per heavy atom. The van der Waals surface area contributed by atoms with Gasteiger partial charge >= 0.3 is 0 Å². The summed E-state index contributed by atoms with van der Waals surface area (Å²) in [5.41, 5.74) is 0.961. The maximum Gasteiger partial charge on any atom is 0.193 e. The number of sulfone groups is 1. The van der Waals surface area contributed by atoms with Crippen LogP contribution in [0.15, 0.2) is 59.5 Å². The molecule has 0 amide bonds. The van der Waals surface area contributed by atoms with Gasteiger partial charge in [0.25, 0.3) is 0 Å². The highest BCUT2D eigenvalue weighted by Gasteiger charge is 2.23. The summed E-state index contributed by atoms with van der Waals surface area (Å²) in [7, 11) is -3.39. The van der Waals surface area contributed by atoms with E-state index in [-0.39, 0.29) is 16.0 Å². The Bertz CT molecular complexity index is 1230. The summed E-state index contributed by atoms with van der Waals surface area (Å²) in [6.45, 7) is 0.638. The lowest BCUT2D eigenvalue weighted by molar-refractivity contribution is 0.103. The normalized spacial score (nSPS) is 13.2. The number of rotatable bonds is 4. The summed E-state index contributed by atoms with van der Waals surface area (Å²) < 4.78 is 61.9. The molecule has 0 fully saturated rings. The average molecular weight is 430 g/mol. The van der Waals surface area contributed by atoms with Crippen molar-refractivity contribution < 1.29 is 31.5 Å². The van der Waals surface area contributed by atoms with Crippen molar-refractivity contribution in [3.8, 4) is 22.6 Å². The van der Waals surface area contributed by atoms with E-state index < -0.39 is 27.3 Å². The number of ketones is 1. The maximum absolute atomic E-state index is 13.7. The van der Waals surface area contributed by atoms with Gasteiger partial charge in [0.05, 0.1) is 4.90 Å². The van der Waals surface area contributed by atoms with Crippen LogP contribution >= 0.6 is 0 Å². The van der Waals surface area contributed by atoms with Crippen LogP contribution in [-0.2, 0) is 9.84 Å². The van der Waals surface area contributed by atoms with Crippen LogP contribution < -0.4 is 9.47 Å². The molecule has 1 heterocycles. The van der Waals surface area contributed by atoms with Gasteiger partial charge in [-0.2, -0.15) is 0 Å². The van der Waals surface area contributed by atoms with Gasteiger partial charge in [0.2, 0.25) is 0 Å². The van der Waals surface area contributed by atoms with Crippen LogP contribution in [0.5, 0.6) is 11.5 Å². The lowest BCUT2D eigenvalue weighted by atomic mass is 9.93. The topological polar surface area (TPSA) is 69.7 Å². The molecule has 0 spiro atoms. The van der Waals surface area contributed by atoms with Gasteiger partial charge in [0.15, 0.2) is 27.1 Å². The van der Waals surface area contributed by atoms with Gasteiger partial charge in [-0.05, 0) is 47.5 Å². The third-order valence-electron chi connectivity index (χ3n) is 4.65. The highest BCUT2D eigenvalue weighted by atomic mass is 32.2. The summed E-state index contributed by atoms with van der Waals surface area (Å²) in [5.74, 6) is -1.57. The minimum absolute atomic E-state index is 0.129. The lowest BCUT2D eigenvalue weighted by Crippen LogP contribution is -2.16. The standard InChI is InChI=1S/C22H16F2O5S/c1-30(26,27)17-4-2-13(3-5-17)18-11-20-21(29-7-6-28-20)12-19(18)22(25)14-8-15(23)10-16(24)9-14/h2-5,8-12H,6-7H2,1H3. The van der Waals surface area contributed by atoms with Crippen LogP contribution in [0.1, 0.15) is 15.9 Å². The number of carbonyl (C=O) groups excluding carboxylic acids is 1. The molecule has 0 bridgehead atoms. The predicted octanol–water partition coefficient (Wildman–Crippen LogP) is 4.04. The second-order valence-electron chi connectivity index (χ2n) is 6.83. The van der Waals surface area contributed by atoms with Gasteiger partial charge in [0.1, 0.15) is 24.8 Å². The first-order chi connectivity index (χ1) is 14.2. The van der Waals surface area contributed by atoms with Crippen molar-refractivity contribution in [1.29, 1.82) is 0 Å². The fourth-order valence-electron chi connectivity index (χ4n) is 3.24. The van der Waals surface area contributed by atoms with Crippen molar-refractivity contribution in [3.05, 3.63) is 77.4 Å². The zero-order chi connectivity index (χ0) is 21.5. The Labute approximate surface area is 171 Å². The van der Waals surface area contributed by atoms with Crippen molar-refractivity contribution in [2.75, 3.05) is 19.5 Å². The highest BCUT2D eigenvalue weighted by molar-refractivity contribution is 7.90. The Hall–Kier alpha value is -3.26. The van der Waals surface area contributed by atoms with Gasteiger partial charge in [-0.3, -0.25) is 4.79 Å². The molecule has 0 atom stereocenters. The predicted molar refractivity (Wildman–Crippen MR) is 106 cm³/mol. The molecular weight excluding hydrogens is 414 g/mol. The summed E-state index contributed by atoms with van der Waals surface area (Å²) in [4.78, 5) is 13.3. The van der Waals surface area contributed by atoms with Gasteiger partial charge in [-0.25, -0.2) is 17.2 Å². The molecule has 0 saturated heterocycles. The van der Waals surface area contributed by atoms with E-state index in [9.17, 15) is 22.0 Å². The van der Waals surface area contributed by atoms with Crippen molar-refractivity contribution >= 4 is 15.6 Å². The van der Waals surface area contributed by atoms with E-state index in [4.69, 9.17) is 9.47 Å². The first-order valence-corrected chi connectivity index (χ1v) is 10.9. The molecule has 8 heteroatoms. The van der Waals surface area contributed by atoms with Crippen LogP contribution in [0.25, 0.3) is 11.1 Å². The number of fused-ring (bicyclic) bond motifs is 1. The Morgan fingerprint density at radius 2 is 1.43 bits per heavy atom. The molecule has 0 radical (unpaired) electrons. The number of hydrogen-bond acceptors (Lipinski definition) is 5. The van der Waals surface area contributed by atoms with Gasteiger partial charge in [-0.15, -0.1) is 0 Å². The van der Waals surface area contributed by atoms with Crippen molar-refractivity contribution in [3.63, 3.8) is 0 Å². The number of ether oxygens (including phenoxy) is 2. The number of benzene rings is 3. The zero-order valence-corrected chi connectivity index (χ0v) is 16.6. The average Bonchev–Trinajstić information content (AvgIpc) is 2.71. The van der Waals surface area contributed by atoms with E-state index in [2.05, 4.69) is 0 Å². The first kappa shape index (κ1) is 20.0. The molecule has 0 saturated carbocycles. The highest BCUT2D eigenvalue weighted by Crippen LogP contribution is 2.38. The van der Waals surface area contributed by atoms with E-state index in [0.29, 0.717) is 41.9 Å². The minimum atomic E-state index is -3.39. The number of halogens is 2. The van der Waals surface area contributed by atoms with E-state index in [1.807, 2.05) is 0 Å². The molecule has 1 aliphatic rings. The molecule has 154 valence electrons. The zero-order valence-electron chi connectivity index (χ0n) is 15.8. The van der Waals surface area contributed by atoms with Crippen LogP contribution in [0, 0.1) is 11.6 Å². The second-order valence-corrected chi connectivity index (χ2v) is 8.84. The number of carbonyl (C=O) groups is 1. The van der Waals surface area contributed by atoms with Crippen molar-refractivity contribution in [2.24, 2.45) is 0 Å². The Kier molecular flexibility index (Phi) is 5.03. The van der Waals surface area contributed by atoms with Crippen LogP contribution in [-0.4, -0.2) is 33.7 Å². The third-order valence-corrected chi connectivity index (χ3v) is 5.77. The fraction of sp³-hybridized carbons (Fsp3) is 0.136. The summed E-state index contributed by atoms with van der Waals surface area (Å²) in [5, 5.41) is 0. The molecule has 0 N–H and O–H groups in total. The van der Waals surface area contributed by atoms with Gasteiger partial charge in [-0.1, -0.05) is 12.1 Å². The quantitative estimate of drug-likeness (QED) is 0.585. The SMILES string of the molecule is CS(=O)(=O)c1ccc(-c2cc3c(cc2C(=O)c2cc(F)cc(F)c2)OCCO3)cc1. The molecular formula is C22H16F2O5S. The molecule has 3 aromatic rings. The smallest absolute Gasteiger partial charge is 0.193 e. The second kappa shape index (κ2) is 7.53. The Balaban J connectivity index is 1.88. The third kappa shape index (κ3) is 3.91. The summed E-state index contributed by atoms with van der Waals surface area (Å²) in [6.07, 6.45) is 1.10. The largest absolute Gasteiger partial charge is 0.486 e. The summed E-state index contributed by atoms with van der Waals surface area (Å²) in [6, 6.07) is 11.7. The van der Waals surface area contributed by atoms with E-state index in [1.54, 1.807) is 18.2 Å². The summed E-state index contributed by atoms with van der Waals surface area (Å²) >= 11 is 0. The molecule has 1 aliphatic heterocycles. The van der Waals surface area contributed by atoms with Crippen LogP contribution in [0.4, 0.5) is 8.78 Å². The molecule has 0 unspecified atom stereocenters.